The highest BCUT2D eigenvalue weighted by molar-refractivity contribution is 7.94. The normalized spacial score (nSPS) is 12.4. The van der Waals surface area contributed by atoms with Crippen molar-refractivity contribution in [3.8, 4) is 0 Å². The third-order valence-corrected chi connectivity index (χ3v) is 5.14. The molecule has 0 aromatic heterocycles. The maximum Gasteiger partial charge on any atom is 0.133 e. The quantitative estimate of drug-likeness (QED) is 0.602. The highest BCUT2D eigenvalue weighted by Crippen LogP contribution is 2.19. The van der Waals surface area contributed by atoms with Crippen LogP contribution in [0.3, 0.4) is 0 Å². The van der Waals surface area contributed by atoms with E-state index in [9.17, 15) is 0 Å². The predicted octanol–water partition coefficient (Wildman–Crippen LogP) is 4.79. The van der Waals surface area contributed by atoms with Gasteiger partial charge in [-0.25, -0.2) is 0 Å². The lowest BCUT2D eigenvalue weighted by Gasteiger charge is -2.05. The summed E-state index contributed by atoms with van der Waals surface area (Å²) in [6, 6.07) is 26.2. The van der Waals surface area contributed by atoms with Gasteiger partial charge in [-0.3, -0.25) is 0 Å². The molecule has 0 radical (unpaired) electrons. The van der Waals surface area contributed by atoms with Crippen LogP contribution in [0.1, 0.15) is 11.1 Å². The van der Waals surface area contributed by atoms with Crippen molar-refractivity contribution in [2.75, 3.05) is 6.26 Å². The Kier molecular flexibility index (Phi) is 4.08. The fourth-order valence-corrected chi connectivity index (χ4v) is 4.14. The van der Waals surface area contributed by atoms with Crippen LogP contribution in [0.25, 0.3) is 10.8 Å². The lowest BCUT2D eigenvalue weighted by atomic mass is 10.1. The first-order valence-corrected chi connectivity index (χ1v) is 8.89. The second-order valence-corrected chi connectivity index (χ2v) is 7.38. The Morgan fingerprint density at radius 3 is 2.10 bits per heavy atom. The summed E-state index contributed by atoms with van der Waals surface area (Å²) in [6.07, 6.45) is 2.36. The summed E-state index contributed by atoms with van der Waals surface area (Å²) in [5.74, 6) is 2.34. The van der Waals surface area contributed by atoms with E-state index in [1.807, 2.05) is 0 Å². The Labute approximate surface area is 123 Å². The minimum absolute atomic E-state index is 0.385. The van der Waals surface area contributed by atoms with Crippen molar-refractivity contribution < 1.29 is 0 Å². The second kappa shape index (κ2) is 6.15. The van der Waals surface area contributed by atoms with Crippen LogP contribution >= 0.6 is 0 Å². The molecule has 0 heterocycles. The zero-order chi connectivity index (χ0) is 13.8. The summed E-state index contributed by atoms with van der Waals surface area (Å²) in [6.45, 7) is 0. The Morgan fingerprint density at radius 1 is 0.650 bits per heavy atom. The lowest BCUT2D eigenvalue weighted by Crippen LogP contribution is -2.06. The third-order valence-electron chi connectivity index (χ3n) is 3.48. The number of rotatable bonds is 4. The van der Waals surface area contributed by atoms with Gasteiger partial charge >= 0.3 is 0 Å². The fraction of sp³-hybridized carbons (Fsp3) is 0.158. The van der Waals surface area contributed by atoms with Crippen molar-refractivity contribution in [3.63, 3.8) is 0 Å². The Hall–Kier alpha value is -1.73. The predicted molar refractivity (Wildman–Crippen MR) is 91.1 cm³/mol. The summed E-state index contributed by atoms with van der Waals surface area (Å²) in [4.78, 5) is 0. The SMILES string of the molecule is C[S+](Cc1ccccc1)Cc1ccc2ccccc2c1. The Morgan fingerprint density at radius 2 is 1.30 bits per heavy atom. The van der Waals surface area contributed by atoms with E-state index in [-0.39, 0.29) is 0 Å². The van der Waals surface area contributed by atoms with Crippen LogP contribution in [0, 0.1) is 0 Å². The molecule has 0 aliphatic carbocycles. The lowest BCUT2D eigenvalue weighted by molar-refractivity contribution is 1.35. The van der Waals surface area contributed by atoms with Crippen LogP contribution in [-0.4, -0.2) is 6.26 Å². The molecule has 0 spiro atoms. The van der Waals surface area contributed by atoms with Gasteiger partial charge in [-0.2, -0.15) is 0 Å². The standard InChI is InChI=1S/C19H19S/c1-20(14-16-7-3-2-4-8-16)15-17-11-12-18-9-5-6-10-19(18)13-17/h2-13H,14-15H2,1H3/q+1. The molecule has 100 valence electrons. The van der Waals surface area contributed by atoms with Crippen molar-refractivity contribution >= 4 is 21.7 Å². The largest absolute Gasteiger partial charge is 0.133 e. The van der Waals surface area contributed by atoms with Gasteiger partial charge in [0.25, 0.3) is 0 Å². The minimum atomic E-state index is 0.385. The van der Waals surface area contributed by atoms with Gasteiger partial charge in [0, 0.05) is 11.1 Å². The molecule has 1 heteroatoms. The van der Waals surface area contributed by atoms with Crippen molar-refractivity contribution in [2.45, 2.75) is 11.5 Å². The number of hydrogen-bond donors (Lipinski definition) is 0. The molecule has 1 atom stereocenters. The van der Waals surface area contributed by atoms with Gasteiger partial charge in [0.05, 0.1) is 6.26 Å². The average Bonchev–Trinajstić information content (AvgIpc) is 2.48. The Balaban J connectivity index is 1.72. The molecule has 20 heavy (non-hydrogen) atoms. The zero-order valence-electron chi connectivity index (χ0n) is 11.8. The smallest absolute Gasteiger partial charge is 0.0622 e. The van der Waals surface area contributed by atoms with Gasteiger partial charge < -0.3 is 0 Å². The van der Waals surface area contributed by atoms with Crippen molar-refractivity contribution in [1.82, 2.24) is 0 Å². The molecule has 3 rings (SSSR count). The zero-order valence-corrected chi connectivity index (χ0v) is 12.6. The molecular formula is C19H19S+. The molecule has 0 bridgehead atoms. The molecular weight excluding hydrogens is 260 g/mol. The van der Waals surface area contributed by atoms with E-state index in [0.717, 1.165) is 0 Å². The summed E-state index contributed by atoms with van der Waals surface area (Å²) in [7, 11) is 0.385. The minimum Gasteiger partial charge on any atom is -0.0622 e. The van der Waals surface area contributed by atoms with Gasteiger partial charge in [-0.1, -0.05) is 66.7 Å². The summed E-state index contributed by atoms with van der Waals surface area (Å²) in [5.41, 5.74) is 2.89. The third kappa shape index (κ3) is 3.23. The summed E-state index contributed by atoms with van der Waals surface area (Å²) >= 11 is 0. The Bertz CT molecular complexity index is 688. The molecule has 0 nitrogen and oxygen atoms in total. The highest BCUT2D eigenvalue weighted by atomic mass is 32.2. The van der Waals surface area contributed by atoms with E-state index in [4.69, 9.17) is 0 Å². The number of fused-ring (bicyclic) bond motifs is 1. The van der Waals surface area contributed by atoms with E-state index >= 15 is 0 Å². The maximum atomic E-state index is 2.36. The molecule has 0 N–H and O–H groups in total. The molecule has 1 unspecified atom stereocenters. The molecule has 0 saturated carbocycles. The van der Waals surface area contributed by atoms with Crippen molar-refractivity contribution in [2.24, 2.45) is 0 Å². The first kappa shape index (κ1) is 13.3. The van der Waals surface area contributed by atoms with E-state index in [2.05, 4.69) is 79.1 Å². The van der Waals surface area contributed by atoms with E-state index < -0.39 is 0 Å². The fourth-order valence-electron chi connectivity index (χ4n) is 2.52. The van der Waals surface area contributed by atoms with Crippen LogP contribution in [0.5, 0.6) is 0 Å². The molecule has 0 aliphatic rings. The van der Waals surface area contributed by atoms with Gasteiger partial charge in [0.2, 0.25) is 0 Å². The number of hydrogen-bond acceptors (Lipinski definition) is 0. The highest BCUT2D eigenvalue weighted by Gasteiger charge is 2.13. The van der Waals surface area contributed by atoms with E-state index in [1.165, 1.54) is 33.4 Å². The second-order valence-electron chi connectivity index (χ2n) is 5.24. The van der Waals surface area contributed by atoms with E-state index in [1.54, 1.807) is 0 Å². The van der Waals surface area contributed by atoms with Crippen LogP contribution in [0.15, 0.2) is 72.8 Å². The van der Waals surface area contributed by atoms with Crippen molar-refractivity contribution in [1.29, 1.82) is 0 Å². The molecule has 0 saturated heterocycles. The average molecular weight is 279 g/mol. The molecule has 0 fully saturated rings. The first-order chi connectivity index (χ1) is 9.81. The first-order valence-electron chi connectivity index (χ1n) is 6.92. The summed E-state index contributed by atoms with van der Waals surface area (Å²) in [5, 5.41) is 2.68. The van der Waals surface area contributed by atoms with Crippen LogP contribution < -0.4 is 0 Å². The molecule has 3 aromatic rings. The molecule has 0 amide bonds. The van der Waals surface area contributed by atoms with Gasteiger partial charge in [-0.05, 0) is 27.7 Å². The maximum absolute atomic E-state index is 2.36. The van der Waals surface area contributed by atoms with Crippen LogP contribution in [-0.2, 0) is 22.4 Å². The van der Waals surface area contributed by atoms with Crippen LogP contribution in [0.4, 0.5) is 0 Å². The van der Waals surface area contributed by atoms with Gasteiger partial charge in [0.15, 0.2) is 0 Å². The van der Waals surface area contributed by atoms with Crippen molar-refractivity contribution in [3.05, 3.63) is 83.9 Å². The van der Waals surface area contributed by atoms with Gasteiger partial charge in [0.1, 0.15) is 11.5 Å². The molecule has 3 aromatic carbocycles. The number of benzene rings is 3. The summed E-state index contributed by atoms with van der Waals surface area (Å²) < 4.78 is 0. The molecule has 0 aliphatic heterocycles. The van der Waals surface area contributed by atoms with E-state index in [0.29, 0.717) is 10.9 Å². The van der Waals surface area contributed by atoms with Gasteiger partial charge in [-0.15, -0.1) is 0 Å². The topological polar surface area (TPSA) is 0 Å². The van der Waals surface area contributed by atoms with Crippen LogP contribution in [0.2, 0.25) is 0 Å². The monoisotopic (exact) mass is 279 g/mol.